The number of fused-ring (bicyclic) bond motifs is 1. The molecule has 1 heterocycles. The molecule has 11 heteroatoms. The highest BCUT2D eigenvalue weighted by Gasteiger charge is 2.46. The van der Waals surface area contributed by atoms with E-state index < -0.39 is 46.6 Å². The SMILES string of the molecule is COC1CCCCC1(O)c1c(-c2ccc(C(=O)O)cc2)c2c(F)c(N)c(C=N)cc2n1-c1ccc(F)c(F)c1F. The van der Waals surface area contributed by atoms with E-state index in [2.05, 4.69) is 0 Å². The fourth-order valence-electron chi connectivity index (χ4n) is 5.67. The Kier molecular flexibility index (Phi) is 6.89. The molecule has 1 aliphatic rings. The Morgan fingerprint density at radius 3 is 2.42 bits per heavy atom. The van der Waals surface area contributed by atoms with Gasteiger partial charge in [-0.3, -0.25) is 0 Å². The predicted molar refractivity (Wildman–Crippen MR) is 141 cm³/mol. The molecule has 7 nitrogen and oxygen atoms in total. The number of carboxylic acid groups (broad SMARTS) is 1. The number of nitrogen functional groups attached to an aromatic ring is 1. The highest BCUT2D eigenvalue weighted by atomic mass is 19.2. The van der Waals surface area contributed by atoms with E-state index in [1.54, 1.807) is 0 Å². The van der Waals surface area contributed by atoms with E-state index in [0.29, 0.717) is 25.3 Å². The van der Waals surface area contributed by atoms with Crippen molar-refractivity contribution < 1.29 is 37.3 Å². The number of nitrogens with two attached hydrogens (primary N) is 1. The number of rotatable bonds is 6. The molecule has 0 saturated heterocycles. The molecule has 1 aromatic heterocycles. The number of aliphatic hydroxyl groups is 1. The van der Waals surface area contributed by atoms with Crippen LogP contribution in [0.5, 0.6) is 0 Å². The highest BCUT2D eigenvalue weighted by molar-refractivity contribution is 6.05. The number of hydrogen-bond acceptors (Lipinski definition) is 5. The van der Waals surface area contributed by atoms with Gasteiger partial charge >= 0.3 is 5.97 Å². The normalized spacial score (nSPS) is 19.2. The van der Waals surface area contributed by atoms with Crippen LogP contribution in [0.1, 0.15) is 47.3 Å². The van der Waals surface area contributed by atoms with Crippen LogP contribution in [0.25, 0.3) is 27.7 Å². The fourth-order valence-corrected chi connectivity index (χ4v) is 5.67. The number of carbonyl (C=O) groups is 1. The molecule has 0 aliphatic heterocycles. The Labute approximate surface area is 225 Å². The van der Waals surface area contributed by atoms with Gasteiger partial charge in [0.25, 0.3) is 0 Å². The van der Waals surface area contributed by atoms with Crippen molar-refractivity contribution in [1.82, 2.24) is 4.57 Å². The van der Waals surface area contributed by atoms with E-state index >= 15 is 8.78 Å². The molecule has 0 bridgehead atoms. The zero-order valence-electron chi connectivity index (χ0n) is 21.3. The molecule has 0 radical (unpaired) electrons. The minimum absolute atomic E-state index is 0.0447. The third kappa shape index (κ3) is 4.04. The first-order valence-corrected chi connectivity index (χ1v) is 12.4. The zero-order chi connectivity index (χ0) is 28.9. The average molecular weight is 556 g/mol. The van der Waals surface area contributed by atoms with E-state index in [1.807, 2.05) is 0 Å². The maximum Gasteiger partial charge on any atom is 0.335 e. The predicted octanol–water partition coefficient (Wildman–Crippen LogP) is 5.91. The molecule has 1 fully saturated rings. The van der Waals surface area contributed by atoms with Gasteiger partial charge in [-0.25, -0.2) is 22.4 Å². The summed E-state index contributed by atoms with van der Waals surface area (Å²) >= 11 is 0. The van der Waals surface area contributed by atoms with Crippen LogP contribution < -0.4 is 5.73 Å². The number of halogens is 4. The Bertz CT molecular complexity index is 1670. The quantitative estimate of drug-likeness (QED) is 0.102. The lowest BCUT2D eigenvalue weighted by molar-refractivity contribution is -0.125. The Morgan fingerprint density at radius 2 is 1.80 bits per heavy atom. The zero-order valence-corrected chi connectivity index (χ0v) is 21.3. The summed E-state index contributed by atoms with van der Waals surface area (Å²) in [4.78, 5) is 11.5. The molecule has 0 spiro atoms. The van der Waals surface area contributed by atoms with Crippen molar-refractivity contribution in [2.75, 3.05) is 12.8 Å². The molecule has 0 amide bonds. The van der Waals surface area contributed by atoms with Gasteiger partial charge in [0.2, 0.25) is 0 Å². The highest BCUT2D eigenvalue weighted by Crippen LogP contribution is 2.50. The average Bonchev–Trinajstić information content (AvgIpc) is 3.29. The summed E-state index contributed by atoms with van der Waals surface area (Å²) in [5.74, 6) is -6.96. The lowest BCUT2D eigenvalue weighted by Gasteiger charge is -2.40. The minimum atomic E-state index is -1.88. The number of hydrogen-bond donors (Lipinski definition) is 4. The first-order chi connectivity index (χ1) is 19.0. The van der Waals surface area contributed by atoms with Crippen molar-refractivity contribution in [2.45, 2.75) is 37.4 Å². The second-order valence-electron chi connectivity index (χ2n) is 9.76. The van der Waals surface area contributed by atoms with E-state index in [1.165, 1.54) is 37.4 Å². The van der Waals surface area contributed by atoms with Crippen molar-refractivity contribution >= 4 is 28.8 Å². The topological polar surface area (TPSA) is 122 Å². The van der Waals surface area contributed by atoms with E-state index in [-0.39, 0.29) is 51.0 Å². The molecule has 5 rings (SSSR count). The summed E-state index contributed by atoms with van der Waals surface area (Å²) in [5.41, 5.74) is 3.28. The smallest absolute Gasteiger partial charge is 0.335 e. The number of nitrogens with one attached hydrogen (secondary N) is 1. The molecular formula is C29H25F4N3O4. The second-order valence-corrected chi connectivity index (χ2v) is 9.76. The molecule has 208 valence electrons. The number of nitrogens with zero attached hydrogens (tertiary/aromatic N) is 1. The monoisotopic (exact) mass is 555 g/mol. The minimum Gasteiger partial charge on any atom is -0.478 e. The van der Waals surface area contributed by atoms with Gasteiger partial charge < -0.3 is 30.7 Å². The van der Waals surface area contributed by atoms with Crippen LogP contribution in [0.15, 0.2) is 42.5 Å². The third-order valence-electron chi connectivity index (χ3n) is 7.60. The van der Waals surface area contributed by atoms with Crippen molar-refractivity contribution in [3.05, 3.63) is 82.6 Å². The number of aromatic carboxylic acids is 1. The second kappa shape index (κ2) is 10.1. The van der Waals surface area contributed by atoms with Gasteiger partial charge in [-0.2, -0.15) is 0 Å². The molecule has 2 unspecified atom stereocenters. The molecule has 2 atom stereocenters. The lowest BCUT2D eigenvalue weighted by Crippen LogP contribution is -2.45. The van der Waals surface area contributed by atoms with Gasteiger partial charge in [0.05, 0.1) is 34.3 Å². The maximum absolute atomic E-state index is 16.1. The number of methoxy groups -OCH3 is 1. The van der Waals surface area contributed by atoms with Crippen LogP contribution >= 0.6 is 0 Å². The van der Waals surface area contributed by atoms with E-state index in [4.69, 9.17) is 15.9 Å². The van der Waals surface area contributed by atoms with Gasteiger partial charge in [0.1, 0.15) is 5.60 Å². The Balaban J connectivity index is 2.04. The van der Waals surface area contributed by atoms with Gasteiger partial charge in [0.15, 0.2) is 23.3 Å². The molecule has 1 aliphatic carbocycles. The number of aromatic nitrogens is 1. The van der Waals surface area contributed by atoms with Gasteiger partial charge in [-0.1, -0.05) is 18.6 Å². The largest absolute Gasteiger partial charge is 0.478 e. The number of ether oxygens (including phenoxy) is 1. The molecule has 5 N–H and O–H groups in total. The summed E-state index contributed by atoms with van der Waals surface area (Å²) in [6.45, 7) is 0. The lowest BCUT2D eigenvalue weighted by atomic mass is 9.77. The van der Waals surface area contributed by atoms with Crippen molar-refractivity contribution in [3.63, 3.8) is 0 Å². The van der Waals surface area contributed by atoms with E-state index in [9.17, 15) is 23.8 Å². The van der Waals surface area contributed by atoms with Crippen molar-refractivity contribution in [1.29, 1.82) is 5.41 Å². The summed E-state index contributed by atoms with van der Waals surface area (Å²) < 4.78 is 67.0. The van der Waals surface area contributed by atoms with Gasteiger partial charge in [-0.05, 0) is 55.2 Å². The van der Waals surface area contributed by atoms with Crippen molar-refractivity contribution in [3.8, 4) is 16.8 Å². The van der Waals surface area contributed by atoms with Crippen molar-refractivity contribution in [2.24, 2.45) is 0 Å². The molecular weight excluding hydrogens is 530 g/mol. The third-order valence-corrected chi connectivity index (χ3v) is 7.60. The Hall–Kier alpha value is -4.22. The summed E-state index contributed by atoms with van der Waals surface area (Å²) in [5, 5.41) is 29.2. The summed E-state index contributed by atoms with van der Waals surface area (Å²) in [6, 6.07) is 8.37. The van der Waals surface area contributed by atoms with Gasteiger partial charge in [0, 0.05) is 29.8 Å². The fraction of sp³-hybridized carbons (Fsp3) is 0.241. The standard InChI is InChI=1S/C29H25F4N3O4/c1-40-20-4-2-3-11-29(20,39)27-21(14-5-7-15(8-6-14)28(37)38)22-19(12-16(13-34)26(35)25(22)33)36(27)18-10-9-17(30)23(31)24(18)32/h5-10,12-13,20,34,39H,2-4,11,35H2,1H3,(H,37,38). The molecule has 3 aromatic carbocycles. The van der Waals surface area contributed by atoms with Crippen LogP contribution in [-0.2, 0) is 10.3 Å². The maximum atomic E-state index is 16.1. The number of anilines is 1. The summed E-state index contributed by atoms with van der Waals surface area (Å²) in [6.07, 6.45) is 1.65. The molecule has 4 aromatic rings. The van der Waals surface area contributed by atoms with Crippen LogP contribution in [0, 0.1) is 28.7 Å². The van der Waals surface area contributed by atoms with Crippen LogP contribution in [0.3, 0.4) is 0 Å². The Morgan fingerprint density at radius 1 is 1.10 bits per heavy atom. The first kappa shape index (κ1) is 27.4. The molecule has 1 saturated carbocycles. The van der Waals surface area contributed by atoms with Crippen LogP contribution in [0.4, 0.5) is 23.2 Å². The van der Waals surface area contributed by atoms with Crippen LogP contribution in [0.2, 0.25) is 0 Å². The van der Waals surface area contributed by atoms with Gasteiger partial charge in [-0.15, -0.1) is 0 Å². The molecule has 40 heavy (non-hydrogen) atoms. The summed E-state index contributed by atoms with van der Waals surface area (Å²) in [7, 11) is 1.39. The number of benzene rings is 3. The van der Waals surface area contributed by atoms with E-state index in [0.717, 1.165) is 16.8 Å². The first-order valence-electron chi connectivity index (χ1n) is 12.4. The van der Waals surface area contributed by atoms with Crippen LogP contribution in [-0.4, -0.2) is 40.2 Å². The number of carboxylic acids is 1.